The lowest BCUT2D eigenvalue weighted by atomic mass is 9.94. The summed E-state index contributed by atoms with van der Waals surface area (Å²) >= 11 is 0. The number of amides is 1. The van der Waals surface area contributed by atoms with Crippen molar-refractivity contribution in [3.05, 3.63) is 52.2 Å². The van der Waals surface area contributed by atoms with Crippen LogP contribution in [0.5, 0.6) is 5.75 Å². The summed E-state index contributed by atoms with van der Waals surface area (Å²) in [5.74, 6) is 0.587. The number of likely N-dealkylation sites (tertiary alicyclic amines) is 1. The molecule has 3 unspecified atom stereocenters. The first-order chi connectivity index (χ1) is 18.7. The summed E-state index contributed by atoms with van der Waals surface area (Å²) in [6.07, 6.45) is 3.95. The van der Waals surface area contributed by atoms with E-state index in [1.807, 2.05) is 30.2 Å². The van der Waals surface area contributed by atoms with Gasteiger partial charge in [0.1, 0.15) is 18.6 Å². The number of pyridine rings is 1. The summed E-state index contributed by atoms with van der Waals surface area (Å²) in [4.78, 5) is 45.9. The predicted octanol–water partition coefficient (Wildman–Crippen LogP) is 4.27. The average molecular weight is 534 g/mol. The number of fused-ring (bicyclic) bond motifs is 2. The Morgan fingerprint density at radius 1 is 1.28 bits per heavy atom. The second-order valence-electron chi connectivity index (χ2n) is 10.7. The Balaban J connectivity index is 1.52. The number of nitrogens with zero attached hydrogens (tertiary/aromatic N) is 3. The van der Waals surface area contributed by atoms with Crippen molar-refractivity contribution >= 4 is 34.9 Å². The van der Waals surface area contributed by atoms with Gasteiger partial charge in [0.25, 0.3) is 0 Å². The van der Waals surface area contributed by atoms with Crippen LogP contribution in [0.4, 0.5) is 4.79 Å². The van der Waals surface area contributed by atoms with Crippen molar-refractivity contribution < 1.29 is 28.6 Å². The van der Waals surface area contributed by atoms with Crippen LogP contribution in [-0.2, 0) is 32.0 Å². The van der Waals surface area contributed by atoms with Crippen molar-refractivity contribution in [2.75, 3.05) is 27.3 Å². The lowest BCUT2D eigenvalue weighted by Gasteiger charge is -2.35. The molecule has 0 N–H and O–H groups in total. The van der Waals surface area contributed by atoms with Gasteiger partial charge in [-0.05, 0) is 61.9 Å². The Bertz CT molecular complexity index is 1400. The van der Waals surface area contributed by atoms with Crippen LogP contribution in [-0.4, -0.2) is 72.6 Å². The number of methoxy groups -OCH3 is 1. The van der Waals surface area contributed by atoms with Gasteiger partial charge in [0, 0.05) is 55.4 Å². The van der Waals surface area contributed by atoms with Crippen molar-refractivity contribution in [1.29, 1.82) is 0 Å². The topological polar surface area (TPSA) is 98.3 Å². The second-order valence-corrected chi connectivity index (χ2v) is 10.7. The number of hydrogen-bond donors (Lipinski definition) is 0. The number of ether oxygens (including phenoxy) is 3. The van der Waals surface area contributed by atoms with E-state index < -0.39 is 12.1 Å². The Morgan fingerprint density at radius 2 is 2.08 bits per heavy atom. The molecule has 1 saturated heterocycles. The molecule has 1 aromatic carbocycles. The van der Waals surface area contributed by atoms with Gasteiger partial charge in [-0.3, -0.25) is 4.79 Å². The highest BCUT2D eigenvalue weighted by Crippen LogP contribution is 2.39. The molecule has 1 fully saturated rings. The molecule has 2 aromatic rings. The minimum atomic E-state index is -0.974. The third-order valence-corrected chi connectivity index (χ3v) is 8.06. The van der Waals surface area contributed by atoms with Crippen molar-refractivity contribution in [2.45, 2.75) is 58.7 Å². The number of aldehydes is 1. The molecule has 3 aliphatic heterocycles. The van der Waals surface area contributed by atoms with Crippen LogP contribution in [0.25, 0.3) is 16.6 Å². The van der Waals surface area contributed by atoms with Crippen LogP contribution in [0.3, 0.4) is 0 Å². The van der Waals surface area contributed by atoms with E-state index in [9.17, 15) is 14.4 Å². The highest BCUT2D eigenvalue weighted by molar-refractivity contribution is 5.92. The van der Waals surface area contributed by atoms with Gasteiger partial charge in [-0.2, -0.15) is 0 Å². The number of carbonyl (C=O) groups excluding carboxylic acids is 3. The second kappa shape index (κ2) is 10.8. The predicted molar refractivity (Wildman–Crippen MR) is 146 cm³/mol. The molecule has 1 amide bonds. The molecule has 9 nitrogen and oxygen atoms in total. The first-order valence-electron chi connectivity index (χ1n) is 13.5. The third kappa shape index (κ3) is 4.91. The normalized spacial score (nSPS) is 24.3. The first kappa shape index (κ1) is 26.9. The summed E-state index contributed by atoms with van der Waals surface area (Å²) in [6.45, 7) is 7.62. The molecule has 0 saturated carbocycles. The van der Waals surface area contributed by atoms with E-state index in [1.165, 1.54) is 7.11 Å². The summed E-state index contributed by atoms with van der Waals surface area (Å²) in [5, 5.41) is 0.945. The molecule has 39 heavy (non-hydrogen) atoms. The lowest BCUT2D eigenvalue weighted by Crippen LogP contribution is -2.45. The van der Waals surface area contributed by atoms with Crippen LogP contribution < -0.4 is 4.74 Å². The number of carbonyl (C=O) groups is 3. The van der Waals surface area contributed by atoms with E-state index in [0.29, 0.717) is 42.2 Å². The van der Waals surface area contributed by atoms with Crippen LogP contribution in [0.1, 0.15) is 50.4 Å². The van der Waals surface area contributed by atoms with E-state index in [1.54, 1.807) is 6.07 Å². The maximum Gasteiger partial charge on any atom is 0.415 e. The first-order valence-corrected chi connectivity index (χ1v) is 13.5. The number of cyclic esters (lactones) is 1. The number of piperidine rings is 1. The molecule has 4 heterocycles. The van der Waals surface area contributed by atoms with Crippen molar-refractivity contribution in [3.63, 3.8) is 0 Å². The molecule has 1 aromatic heterocycles. The zero-order valence-corrected chi connectivity index (χ0v) is 23.2. The van der Waals surface area contributed by atoms with Gasteiger partial charge in [0.15, 0.2) is 6.10 Å². The van der Waals surface area contributed by atoms with Gasteiger partial charge >= 0.3 is 12.1 Å². The number of esters is 1. The maximum absolute atomic E-state index is 13.0. The third-order valence-electron chi connectivity index (χ3n) is 8.06. The van der Waals surface area contributed by atoms with Crippen LogP contribution in [0, 0.1) is 5.92 Å². The van der Waals surface area contributed by atoms with Gasteiger partial charge in [-0.15, -0.1) is 0 Å². The van der Waals surface area contributed by atoms with Crippen molar-refractivity contribution in [1.82, 2.24) is 14.8 Å². The van der Waals surface area contributed by atoms with E-state index in [-0.39, 0.29) is 18.7 Å². The highest BCUT2D eigenvalue weighted by atomic mass is 16.6. The molecule has 3 atom stereocenters. The number of rotatable bonds is 5. The highest BCUT2D eigenvalue weighted by Gasteiger charge is 2.34. The molecular formula is C30H35N3O6. The summed E-state index contributed by atoms with van der Waals surface area (Å²) in [6, 6.07) is 5.71. The fourth-order valence-electron chi connectivity index (χ4n) is 5.96. The van der Waals surface area contributed by atoms with E-state index >= 15 is 0 Å². The molecule has 0 spiro atoms. The standard InChI is InChI=1S/C30H35N3O6/c1-6-21-23-12-20(39-30(36)33-10-9-17(2)11-18(33)3)7-8-25(23)31-27-24(21)14-32(4)26(27)13-22-19(15-34)16-38-29(35)28(22)37-5/h7-8,12-13,15,17-18,28H,6,9-11,14,16H2,1-5H3/b26-13-. The monoisotopic (exact) mass is 533 g/mol. The number of hydrogen-bond acceptors (Lipinski definition) is 8. The molecule has 0 bridgehead atoms. The zero-order chi connectivity index (χ0) is 27.8. The molecule has 0 aliphatic carbocycles. The van der Waals surface area contributed by atoms with Gasteiger partial charge < -0.3 is 24.0 Å². The Kier molecular flexibility index (Phi) is 7.44. The van der Waals surface area contributed by atoms with E-state index in [4.69, 9.17) is 19.2 Å². The van der Waals surface area contributed by atoms with Crippen LogP contribution in [0.2, 0.25) is 0 Å². The summed E-state index contributed by atoms with van der Waals surface area (Å²) < 4.78 is 16.3. The van der Waals surface area contributed by atoms with Crippen molar-refractivity contribution in [2.24, 2.45) is 5.92 Å². The number of aromatic nitrogens is 1. The fraction of sp³-hybridized carbons (Fsp3) is 0.467. The van der Waals surface area contributed by atoms with Gasteiger partial charge in [0.2, 0.25) is 0 Å². The Labute approximate surface area is 228 Å². The maximum atomic E-state index is 13.0. The molecule has 9 heteroatoms. The number of aryl methyl sites for hydroxylation is 1. The van der Waals surface area contributed by atoms with E-state index in [0.717, 1.165) is 52.7 Å². The molecular weight excluding hydrogens is 498 g/mol. The SMILES string of the molecule is CCc1c2c(nc3ccc(OC(=O)N4CCC(C)CC4C)cc13)/C(=C/C1=C(C=O)COC(=O)C1OC)N(C)C2. The molecule has 5 rings (SSSR count). The molecule has 206 valence electrons. The summed E-state index contributed by atoms with van der Waals surface area (Å²) in [5.41, 5.74) is 5.44. The largest absolute Gasteiger partial charge is 0.458 e. The molecule has 3 aliphatic rings. The lowest BCUT2D eigenvalue weighted by molar-refractivity contribution is -0.153. The minimum absolute atomic E-state index is 0.0834. The Hall–Kier alpha value is -3.72. The number of benzene rings is 1. The minimum Gasteiger partial charge on any atom is -0.458 e. The zero-order valence-electron chi connectivity index (χ0n) is 23.2. The fourth-order valence-corrected chi connectivity index (χ4v) is 5.96. The Morgan fingerprint density at radius 3 is 2.77 bits per heavy atom. The molecule has 0 radical (unpaired) electrons. The van der Waals surface area contributed by atoms with Gasteiger partial charge in [-0.1, -0.05) is 13.8 Å². The quantitative estimate of drug-likeness (QED) is 0.415. The van der Waals surface area contributed by atoms with Gasteiger partial charge in [-0.25, -0.2) is 14.6 Å². The van der Waals surface area contributed by atoms with Crippen LogP contribution in [0.15, 0.2) is 35.4 Å². The van der Waals surface area contributed by atoms with Gasteiger partial charge in [0.05, 0.1) is 16.9 Å². The average Bonchev–Trinajstić information content (AvgIpc) is 3.21. The summed E-state index contributed by atoms with van der Waals surface area (Å²) in [7, 11) is 3.37. The smallest absolute Gasteiger partial charge is 0.415 e. The van der Waals surface area contributed by atoms with E-state index in [2.05, 4.69) is 25.7 Å². The van der Waals surface area contributed by atoms with Crippen molar-refractivity contribution in [3.8, 4) is 5.75 Å². The van der Waals surface area contributed by atoms with Crippen LogP contribution >= 0.6 is 0 Å².